The molecule has 1 amide bonds. The number of esters is 1. The number of amides is 1. The van der Waals surface area contributed by atoms with Crippen molar-refractivity contribution in [3.63, 3.8) is 0 Å². The first-order valence-corrected chi connectivity index (χ1v) is 10.7. The van der Waals surface area contributed by atoms with Crippen LogP contribution in [0.3, 0.4) is 0 Å². The quantitative estimate of drug-likeness (QED) is 0.498. The predicted octanol–water partition coefficient (Wildman–Crippen LogP) is -0.821. The second kappa shape index (κ2) is 10.9. The Labute approximate surface area is 178 Å². The Bertz CT molecular complexity index is 833. The van der Waals surface area contributed by atoms with E-state index in [0.29, 0.717) is 13.0 Å². The first-order chi connectivity index (χ1) is 14.5. The van der Waals surface area contributed by atoms with Crippen LogP contribution in [0, 0.1) is 6.92 Å². The lowest BCUT2D eigenvalue weighted by molar-refractivity contribution is -1.02. The van der Waals surface area contributed by atoms with Gasteiger partial charge in [0.2, 0.25) is 0 Å². The molecule has 1 aliphatic heterocycles. The molecule has 0 radical (unpaired) electrons. The first kappa shape index (κ1) is 22.0. The highest BCUT2D eigenvalue weighted by Crippen LogP contribution is 2.04. The Morgan fingerprint density at radius 3 is 2.30 bits per heavy atom. The number of carbonyl (C=O) groups is 2. The molecule has 0 bridgehead atoms. The first-order valence-electron chi connectivity index (χ1n) is 10.7. The second-order valence-corrected chi connectivity index (χ2v) is 8.18. The van der Waals surface area contributed by atoms with Gasteiger partial charge in [0.1, 0.15) is 38.8 Å². The molecular weight excluding hydrogens is 378 g/mol. The van der Waals surface area contributed by atoms with Crippen molar-refractivity contribution in [1.82, 2.24) is 5.32 Å². The largest absolute Gasteiger partial charge is 0.467 e. The van der Waals surface area contributed by atoms with Gasteiger partial charge in [-0.15, -0.1) is 0 Å². The molecule has 0 saturated carbocycles. The van der Waals surface area contributed by atoms with E-state index in [2.05, 4.69) is 36.5 Å². The minimum Gasteiger partial charge on any atom is -0.467 e. The molecule has 160 valence electrons. The molecule has 1 fully saturated rings. The van der Waals surface area contributed by atoms with Crippen LogP contribution in [0.15, 0.2) is 54.6 Å². The maximum Gasteiger partial charge on any atom is 0.328 e. The van der Waals surface area contributed by atoms with Crippen molar-refractivity contribution in [2.24, 2.45) is 0 Å². The summed E-state index contributed by atoms with van der Waals surface area (Å²) in [5, 5.41) is 2.88. The number of hydrogen-bond acceptors (Lipinski definition) is 3. The highest BCUT2D eigenvalue weighted by atomic mass is 16.5. The molecule has 3 rings (SSSR count). The van der Waals surface area contributed by atoms with E-state index in [0.717, 1.165) is 38.3 Å². The molecular formula is C24H33N3O3+2. The Morgan fingerprint density at radius 2 is 1.63 bits per heavy atom. The van der Waals surface area contributed by atoms with Gasteiger partial charge in [0.05, 0.1) is 7.11 Å². The zero-order valence-corrected chi connectivity index (χ0v) is 17.9. The van der Waals surface area contributed by atoms with Crippen LogP contribution >= 0.6 is 0 Å². The monoisotopic (exact) mass is 411 g/mol. The smallest absolute Gasteiger partial charge is 0.328 e. The Hall–Kier alpha value is -2.70. The summed E-state index contributed by atoms with van der Waals surface area (Å²) in [6.45, 7) is 7.54. The van der Waals surface area contributed by atoms with Crippen molar-refractivity contribution in [2.45, 2.75) is 25.9 Å². The maximum atomic E-state index is 12.6. The van der Waals surface area contributed by atoms with Crippen LogP contribution in [0.5, 0.6) is 0 Å². The minimum atomic E-state index is -0.655. The number of quaternary nitrogens is 2. The molecule has 1 saturated heterocycles. The molecule has 1 heterocycles. The van der Waals surface area contributed by atoms with Crippen LogP contribution in [0.2, 0.25) is 0 Å². The molecule has 2 aromatic carbocycles. The average Bonchev–Trinajstić information content (AvgIpc) is 2.75. The second-order valence-electron chi connectivity index (χ2n) is 8.18. The third kappa shape index (κ3) is 6.68. The van der Waals surface area contributed by atoms with E-state index in [1.54, 1.807) is 4.90 Å². The lowest BCUT2D eigenvalue weighted by Gasteiger charge is -2.29. The summed E-state index contributed by atoms with van der Waals surface area (Å²) in [6, 6.07) is 17.7. The van der Waals surface area contributed by atoms with E-state index >= 15 is 0 Å². The number of methoxy groups -OCH3 is 1. The molecule has 30 heavy (non-hydrogen) atoms. The van der Waals surface area contributed by atoms with Crippen molar-refractivity contribution in [3.8, 4) is 0 Å². The zero-order chi connectivity index (χ0) is 21.3. The van der Waals surface area contributed by atoms with Crippen LogP contribution in [-0.4, -0.2) is 57.8 Å². The molecule has 3 N–H and O–H groups in total. The van der Waals surface area contributed by atoms with Gasteiger partial charge in [-0.05, 0) is 12.5 Å². The fraction of sp³-hybridized carbons (Fsp3) is 0.417. The number of piperazine rings is 1. The molecule has 0 aliphatic carbocycles. The number of carbonyl (C=O) groups excluding carboxylic acids is 2. The maximum absolute atomic E-state index is 12.6. The molecule has 6 nitrogen and oxygen atoms in total. The zero-order valence-electron chi connectivity index (χ0n) is 17.9. The summed E-state index contributed by atoms with van der Waals surface area (Å²) in [5.74, 6) is -0.506. The molecule has 0 aromatic heterocycles. The standard InChI is InChI=1S/C24H31N3O3/c1-19-7-6-10-21(15-19)17-26-11-13-27(14-12-26)18-23(28)25-22(24(29)30-2)16-20-8-4-3-5-9-20/h3-10,15,22H,11-14,16-18H2,1-2H3,(H,25,28)/p+2/t22-/m0/s1. The van der Waals surface area contributed by atoms with E-state index in [-0.39, 0.29) is 5.91 Å². The Morgan fingerprint density at radius 1 is 0.967 bits per heavy atom. The molecule has 0 unspecified atom stereocenters. The summed E-state index contributed by atoms with van der Waals surface area (Å²) in [5.41, 5.74) is 3.66. The van der Waals surface area contributed by atoms with E-state index in [4.69, 9.17) is 4.74 Å². The highest BCUT2D eigenvalue weighted by Gasteiger charge is 2.27. The van der Waals surface area contributed by atoms with Crippen LogP contribution in [0.25, 0.3) is 0 Å². The van der Waals surface area contributed by atoms with E-state index < -0.39 is 12.0 Å². The minimum absolute atomic E-state index is 0.0986. The van der Waals surface area contributed by atoms with Gasteiger partial charge in [-0.1, -0.05) is 60.2 Å². The van der Waals surface area contributed by atoms with Gasteiger partial charge < -0.3 is 19.9 Å². The predicted molar refractivity (Wildman–Crippen MR) is 115 cm³/mol. The van der Waals surface area contributed by atoms with Gasteiger partial charge in [0, 0.05) is 12.0 Å². The number of hydrogen-bond donors (Lipinski definition) is 3. The van der Waals surface area contributed by atoms with Crippen molar-refractivity contribution >= 4 is 11.9 Å². The van der Waals surface area contributed by atoms with Gasteiger partial charge in [-0.3, -0.25) is 4.79 Å². The van der Waals surface area contributed by atoms with Crippen LogP contribution in [0.1, 0.15) is 16.7 Å². The van der Waals surface area contributed by atoms with Gasteiger partial charge in [0.25, 0.3) is 5.91 Å². The average molecular weight is 412 g/mol. The third-order valence-electron chi connectivity index (χ3n) is 5.71. The van der Waals surface area contributed by atoms with Crippen molar-refractivity contribution < 1.29 is 24.1 Å². The van der Waals surface area contributed by atoms with Crippen LogP contribution in [-0.2, 0) is 27.3 Å². The fourth-order valence-corrected chi connectivity index (χ4v) is 4.08. The van der Waals surface area contributed by atoms with Gasteiger partial charge in [-0.25, -0.2) is 4.79 Å². The van der Waals surface area contributed by atoms with Crippen molar-refractivity contribution in [1.29, 1.82) is 0 Å². The summed E-state index contributed by atoms with van der Waals surface area (Å²) < 4.78 is 4.89. The SMILES string of the molecule is COC(=O)[C@H](Cc1ccccc1)NC(=O)C[NH+]1CC[NH+](Cc2cccc(C)c2)CC1. The molecule has 1 atom stereocenters. The van der Waals surface area contributed by atoms with Gasteiger partial charge in [-0.2, -0.15) is 0 Å². The highest BCUT2D eigenvalue weighted by molar-refractivity contribution is 5.85. The van der Waals surface area contributed by atoms with Crippen molar-refractivity contribution in [3.05, 3.63) is 71.3 Å². The normalized spacial score (nSPS) is 19.7. The molecule has 0 spiro atoms. The number of aryl methyl sites for hydroxylation is 1. The number of ether oxygens (including phenoxy) is 1. The lowest BCUT2D eigenvalue weighted by Crippen LogP contribution is -3.28. The van der Waals surface area contributed by atoms with Crippen molar-refractivity contribution in [2.75, 3.05) is 39.8 Å². The molecule has 1 aliphatic rings. The number of nitrogens with one attached hydrogen (secondary N) is 3. The van der Waals surface area contributed by atoms with Gasteiger partial charge in [0.15, 0.2) is 6.54 Å². The van der Waals surface area contributed by atoms with Crippen LogP contribution < -0.4 is 15.1 Å². The van der Waals surface area contributed by atoms with Gasteiger partial charge >= 0.3 is 5.97 Å². The lowest BCUT2D eigenvalue weighted by atomic mass is 10.1. The molecule has 2 aromatic rings. The number of benzene rings is 2. The third-order valence-corrected chi connectivity index (χ3v) is 5.71. The summed E-state index contributed by atoms with van der Waals surface area (Å²) in [6.07, 6.45) is 0.434. The van der Waals surface area contributed by atoms with E-state index in [1.807, 2.05) is 30.3 Å². The fourth-order valence-electron chi connectivity index (χ4n) is 4.08. The Kier molecular flexibility index (Phi) is 7.99. The topological polar surface area (TPSA) is 64.3 Å². The number of rotatable bonds is 8. The Balaban J connectivity index is 1.46. The van der Waals surface area contributed by atoms with Crippen LogP contribution in [0.4, 0.5) is 0 Å². The van der Waals surface area contributed by atoms with E-state index in [9.17, 15) is 9.59 Å². The summed E-state index contributed by atoms with van der Waals surface area (Å²) >= 11 is 0. The summed E-state index contributed by atoms with van der Waals surface area (Å²) in [4.78, 5) is 27.6. The van der Waals surface area contributed by atoms with E-state index in [1.165, 1.54) is 23.1 Å². The molecule has 6 heteroatoms. The summed E-state index contributed by atoms with van der Waals surface area (Å²) in [7, 11) is 1.36.